The quantitative estimate of drug-likeness (QED) is 0.0222. The zero-order valence-corrected chi connectivity index (χ0v) is 58.5. The van der Waals surface area contributed by atoms with E-state index in [1.807, 2.05) is 0 Å². The van der Waals surface area contributed by atoms with E-state index < -0.39 is 97.5 Å². The predicted molar refractivity (Wildman–Crippen MR) is 354 cm³/mol. The average molecular weight is 1300 g/mol. The summed E-state index contributed by atoms with van der Waals surface area (Å²) in [6.45, 7) is 4.91. The lowest BCUT2D eigenvalue weighted by Gasteiger charge is -2.21. The maximum Gasteiger partial charge on any atom is 0.472 e. The molecule has 0 saturated carbocycles. The van der Waals surface area contributed by atoms with Gasteiger partial charge in [-0.25, -0.2) is 9.13 Å². The first kappa shape index (κ1) is 86.1. The number of phosphoric acid groups is 2. The Balaban J connectivity index is 5.20. The average Bonchev–Trinajstić information content (AvgIpc) is 3.69. The monoisotopic (exact) mass is 1300 g/mol. The highest BCUT2D eigenvalue weighted by molar-refractivity contribution is 7.47. The van der Waals surface area contributed by atoms with Gasteiger partial charge in [-0.15, -0.1) is 0 Å². The zero-order chi connectivity index (χ0) is 64.7. The number of esters is 4. The molecule has 88 heavy (non-hydrogen) atoms. The van der Waals surface area contributed by atoms with Crippen LogP contribution in [-0.4, -0.2) is 96.7 Å². The molecule has 0 aliphatic heterocycles. The van der Waals surface area contributed by atoms with Crippen LogP contribution >= 0.6 is 15.6 Å². The van der Waals surface area contributed by atoms with Crippen LogP contribution < -0.4 is 0 Å². The molecule has 0 aromatic heterocycles. The van der Waals surface area contributed by atoms with E-state index in [0.29, 0.717) is 25.7 Å². The molecule has 522 valence electrons. The highest BCUT2D eigenvalue weighted by Crippen LogP contribution is 2.45. The zero-order valence-electron chi connectivity index (χ0n) is 56.7. The molecule has 0 aliphatic carbocycles. The van der Waals surface area contributed by atoms with Crippen molar-refractivity contribution in [2.24, 2.45) is 0 Å². The molecule has 2 unspecified atom stereocenters. The molecule has 0 radical (unpaired) electrons. The maximum atomic E-state index is 13.0. The van der Waals surface area contributed by atoms with Crippen LogP contribution in [0.1, 0.15) is 362 Å². The fourth-order valence-corrected chi connectivity index (χ4v) is 12.1. The molecule has 0 bridgehead atoms. The fourth-order valence-electron chi connectivity index (χ4n) is 10.5. The van der Waals surface area contributed by atoms with E-state index in [9.17, 15) is 43.2 Å². The number of aliphatic hydroxyl groups is 1. The van der Waals surface area contributed by atoms with Crippen LogP contribution in [0.15, 0.2) is 0 Å². The Kier molecular flexibility index (Phi) is 62.4. The minimum absolute atomic E-state index is 0.106. The Hall–Kier alpha value is -1.94. The number of rotatable bonds is 70. The Bertz CT molecular complexity index is 1690. The highest BCUT2D eigenvalue weighted by atomic mass is 31.2. The number of aliphatic hydroxyl groups excluding tert-OH is 1. The van der Waals surface area contributed by atoms with Crippen molar-refractivity contribution >= 4 is 39.5 Å². The van der Waals surface area contributed by atoms with Crippen molar-refractivity contribution in [3.8, 4) is 0 Å². The van der Waals surface area contributed by atoms with Crippen molar-refractivity contribution in [3.05, 3.63) is 0 Å². The van der Waals surface area contributed by atoms with E-state index in [-0.39, 0.29) is 25.7 Å². The van der Waals surface area contributed by atoms with Crippen LogP contribution in [0.4, 0.5) is 0 Å². The molecule has 19 heteroatoms. The van der Waals surface area contributed by atoms with Gasteiger partial charge >= 0.3 is 39.5 Å². The SMILES string of the molecule is CCCCCCCCCCCCCCCCCCCC(=O)O[C@H](COC(=O)CCCCCCCCCCCCCCC)COP(=O)(O)OC[C@@H](O)COP(=O)(O)OC[C@@H](COC(=O)CCCCCCCCCCC)OC(=O)CCCCCCCCCCC. The predicted octanol–water partition coefficient (Wildman–Crippen LogP) is 19.9. The molecule has 3 N–H and O–H groups in total. The Morgan fingerprint density at radius 2 is 0.455 bits per heavy atom. The Morgan fingerprint density at radius 1 is 0.273 bits per heavy atom. The lowest BCUT2D eigenvalue weighted by atomic mass is 10.0. The lowest BCUT2D eigenvalue weighted by Crippen LogP contribution is -2.30. The maximum absolute atomic E-state index is 13.0. The summed E-state index contributed by atoms with van der Waals surface area (Å²) in [5.41, 5.74) is 0. The molecule has 0 aromatic carbocycles. The molecular formula is C69H134O17P2. The third-order valence-corrected chi connectivity index (χ3v) is 18.0. The molecule has 0 amide bonds. The number of carbonyl (C=O) groups excluding carboxylic acids is 4. The summed E-state index contributed by atoms with van der Waals surface area (Å²) in [4.78, 5) is 72.4. The van der Waals surface area contributed by atoms with Crippen LogP contribution in [0.3, 0.4) is 0 Å². The summed E-state index contributed by atoms with van der Waals surface area (Å²) in [5.74, 6) is -2.12. The molecule has 5 atom stereocenters. The van der Waals surface area contributed by atoms with Crippen molar-refractivity contribution in [2.75, 3.05) is 39.6 Å². The van der Waals surface area contributed by atoms with E-state index in [2.05, 4.69) is 27.7 Å². The number of unbranched alkanes of at least 4 members (excludes halogenated alkanes) is 44. The van der Waals surface area contributed by atoms with E-state index in [4.69, 9.17) is 37.0 Å². The number of hydrogen-bond donors (Lipinski definition) is 3. The van der Waals surface area contributed by atoms with Gasteiger partial charge in [-0.1, -0.05) is 310 Å². The summed E-state index contributed by atoms with van der Waals surface area (Å²) >= 11 is 0. The van der Waals surface area contributed by atoms with E-state index >= 15 is 0 Å². The number of phosphoric ester groups is 2. The van der Waals surface area contributed by atoms with Gasteiger partial charge in [0.1, 0.15) is 19.3 Å². The van der Waals surface area contributed by atoms with Gasteiger partial charge in [0.25, 0.3) is 0 Å². The lowest BCUT2D eigenvalue weighted by molar-refractivity contribution is -0.161. The largest absolute Gasteiger partial charge is 0.472 e. The standard InChI is InChI=1S/C69H134O17P2/c1-5-9-13-17-21-25-27-29-30-31-32-34-36-40-44-48-52-56-69(74)86-65(60-80-67(72)54-50-46-42-39-35-33-28-26-22-18-14-10-6-2)62-84-88(77,78)82-58-63(70)57-81-87(75,76)83-61-64(85-68(73)55-51-47-43-38-24-20-16-12-8-4)59-79-66(71)53-49-45-41-37-23-19-15-11-7-3/h63-65,70H,5-62H2,1-4H3,(H,75,76)(H,77,78)/t63-,64+,65+/m0/s1. The van der Waals surface area contributed by atoms with Gasteiger partial charge in [0.2, 0.25) is 0 Å². The van der Waals surface area contributed by atoms with Crippen molar-refractivity contribution in [2.45, 2.75) is 380 Å². The second kappa shape index (κ2) is 63.8. The molecule has 0 fully saturated rings. The summed E-state index contributed by atoms with van der Waals surface area (Å²) < 4.78 is 68.2. The summed E-state index contributed by atoms with van der Waals surface area (Å²) in [5, 5.41) is 10.6. The second-order valence-corrected chi connectivity index (χ2v) is 27.8. The van der Waals surface area contributed by atoms with Crippen molar-refractivity contribution in [1.82, 2.24) is 0 Å². The topological polar surface area (TPSA) is 237 Å². The molecule has 0 rings (SSSR count). The summed E-state index contributed by atoms with van der Waals surface area (Å²) in [6, 6.07) is 0. The molecule has 0 spiro atoms. The van der Waals surface area contributed by atoms with Crippen molar-refractivity contribution < 1.29 is 80.2 Å². The molecule has 0 saturated heterocycles. The van der Waals surface area contributed by atoms with Crippen LogP contribution in [0.25, 0.3) is 0 Å². The molecular weight excluding hydrogens is 1160 g/mol. The van der Waals surface area contributed by atoms with Crippen LogP contribution in [0.5, 0.6) is 0 Å². The third-order valence-electron chi connectivity index (χ3n) is 16.1. The highest BCUT2D eigenvalue weighted by Gasteiger charge is 2.30. The normalized spacial score (nSPS) is 14.0. The first-order valence-electron chi connectivity index (χ1n) is 36.3. The van der Waals surface area contributed by atoms with Gasteiger partial charge in [0, 0.05) is 25.7 Å². The summed E-state index contributed by atoms with van der Waals surface area (Å²) in [7, 11) is -9.89. The first-order valence-corrected chi connectivity index (χ1v) is 39.3. The Labute approximate surface area is 537 Å². The van der Waals surface area contributed by atoms with Gasteiger partial charge in [0.15, 0.2) is 12.2 Å². The molecule has 0 aliphatic rings. The smallest absolute Gasteiger partial charge is 0.462 e. The van der Waals surface area contributed by atoms with Crippen LogP contribution in [-0.2, 0) is 65.4 Å². The van der Waals surface area contributed by atoms with E-state index in [1.54, 1.807) is 0 Å². The summed E-state index contributed by atoms with van der Waals surface area (Å²) in [6.07, 6.45) is 51.3. The minimum Gasteiger partial charge on any atom is -0.462 e. The molecule has 0 aromatic rings. The van der Waals surface area contributed by atoms with E-state index in [0.717, 1.165) is 89.9 Å². The fraction of sp³-hybridized carbons (Fsp3) is 0.942. The first-order chi connectivity index (χ1) is 42.7. The van der Waals surface area contributed by atoms with Gasteiger partial charge in [-0.2, -0.15) is 0 Å². The van der Waals surface area contributed by atoms with Gasteiger partial charge in [0.05, 0.1) is 26.4 Å². The molecule has 0 heterocycles. The minimum atomic E-state index is -4.95. The van der Waals surface area contributed by atoms with Crippen molar-refractivity contribution in [1.29, 1.82) is 0 Å². The van der Waals surface area contributed by atoms with Gasteiger partial charge in [-0.05, 0) is 25.7 Å². The number of ether oxygens (including phenoxy) is 4. The molecule has 17 nitrogen and oxygen atoms in total. The number of hydrogen-bond acceptors (Lipinski definition) is 15. The Morgan fingerprint density at radius 3 is 0.670 bits per heavy atom. The van der Waals surface area contributed by atoms with Crippen LogP contribution in [0.2, 0.25) is 0 Å². The third kappa shape index (κ3) is 62.8. The number of carbonyl (C=O) groups is 4. The second-order valence-electron chi connectivity index (χ2n) is 24.9. The van der Waals surface area contributed by atoms with Crippen LogP contribution in [0, 0.1) is 0 Å². The van der Waals surface area contributed by atoms with E-state index in [1.165, 1.54) is 193 Å². The van der Waals surface area contributed by atoms with Gasteiger partial charge < -0.3 is 33.8 Å². The van der Waals surface area contributed by atoms with Gasteiger partial charge in [-0.3, -0.25) is 37.3 Å². The van der Waals surface area contributed by atoms with Crippen molar-refractivity contribution in [3.63, 3.8) is 0 Å².